The molecule has 33 heavy (non-hydrogen) atoms. The fourth-order valence-electron chi connectivity index (χ4n) is 4.46. The first-order valence-electron chi connectivity index (χ1n) is 10.4. The van der Waals surface area contributed by atoms with Crippen LogP contribution >= 0.6 is 0 Å². The maximum atomic E-state index is 14.2. The van der Waals surface area contributed by atoms with Gasteiger partial charge in [-0.1, -0.05) is 18.2 Å². The number of carbonyl (C=O) groups is 3. The van der Waals surface area contributed by atoms with Crippen LogP contribution in [0.3, 0.4) is 0 Å². The number of H-pyrrole nitrogens is 1. The fraction of sp³-hybridized carbons (Fsp3) is 0.304. The number of aryl methyl sites for hydroxylation is 1. The van der Waals surface area contributed by atoms with Crippen molar-refractivity contribution in [1.82, 2.24) is 4.98 Å². The summed E-state index contributed by atoms with van der Waals surface area (Å²) in [4.78, 5) is 56.7. The van der Waals surface area contributed by atoms with Crippen LogP contribution in [-0.4, -0.2) is 42.6 Å². The molecular formula is C23H23N3O7. The highest BCUT2D eigenvalue weighted by molar-refractivity contribution is 6.19. The molecule has 0 aliphatic carbocycles. The van der Waals surface area contributed by atoms with E-state index in [0.29, 0.717) is 16.9 Å². The van der Waals surface area contributed by atoms with Crippen LogP contribution in [0.4, 0.5) is 5.69 Å². The lowest BCUT2D eigenvalue weighted by molar-refractivity contribution is -0.142. The Hall–Kier alpha value is -4.08. The summed E-state index contributed by atoms with van der Waals surface area (Å²) in [5, 5.41) is 0. The monoisotopic (exact) mass is 453 g/mol. The molecule has 2 aliphatic rings. The number of nitrogens with zero attached hydrogens (tertiary/aromatic N) is 1. The Bertz CT molecular complexity index is 1260. The lowest BCUT2D eigenvalue weighted by Gasteiger charge is -2.35. The van der Waals surface area contributed by atoms with Gasteiger partial charge >= 0.3 is 11.9 Å². The number of hydrogen-bond donors (Lipinski definition) is 2. The molecule has 1 amide bonds. The predicted molar refractivity (Wildman–Crippen MR) is 116 cm³/mol. The number of esters is 2. The number of para-hydroxylation sites is 1. The molecule has 1 spiro atoms. The minimum absolute atomic E-state index is 0.00514. The Morgan fingerprint density at radius 1 is 1.15 bits per heavy atom. The number of ether oxygens (including phenoxy) is 3. The zero-order valence-corrected chi connectivity index (χ0v) is 18.4. The number of benzene rings is 1. The summed E-state index contributed by atoms with van der Waals surface area (Å²) >= 11 is 0. The SMILES string of the molecule is CCOC(=O)CN1C(=O)[C@]2(C(C(=O)OCC)=C(N)Oc3cc(C)[nH]c(=O)c32)c2ccccc21. The summed E-state index contributed by atoms with van der Waals surface area (Å²) in [6, 6.07) is 8.10. The number of carbonyl (C=O) groups excluding carboxylic acids is 3. The first-order valence-corrected chi connectivity index (χ1v) is 10.4. The van der Waals surface area contributed by atoms with Gasteiger partial charge in [0, 0.05) is 23.0 Å². The van der Waals surface area contributed by atoms with Crippen molar-refractivity contribution in [2.45, 2.75) is 26.2 Å². The zero-order valence-electron chi connectivity index (χ0n) is 18.4. The van der Waals surface area contributed by atoms with Crippen molar-refractivity contribution < 1.29 is 28.6 Å². The van der Waals surface area contributed by atoms with Gasteiger partial charge in [-0.25, -0.2) is 4.79 Å². The number of fused-ring (bicyclic) bond motifs is 4. The average molecular weight is 453 g/mol. The molecule has 2 aliphatic heterocycles. The van der Waals surface area contributed by atoms with Crippen LogP contribution in [-0.2, 0) is 29.3 Å². The van der Waals surface area contributed by atoms with E-state index in [9.17, 15) is 19.2 Å². The van der Waals surface area contributed by atoms with E-state index >= 15 is 0 Å². The number of anilines is 1. The van der Waals surface area contributed by atoms with E-state index < -0.39 is 35.4 Å². The normalized spacial score (nSPS) is 18.6. The highest BCUT2D eigenvalue weighted by Gasteiger charge is 2.62. The molecule has 1 aromatic heterocycles. The molecule has 0 fully saturated rings. The molecule has 10 nitrogen and oxygen atoms in total. The van der Waals surface area contributed by atoms with E-state index in [1.807, 2.05) is 0 Å². The number of amides is 1. The second-order valence-corrected chi connectivity index (χ2v) is 7.55. The van der Waals surface area contributed by atoms with E-state index in [4.69, 9.17) is 19.9 Å². The number of aromatic nitrogens is 1. The molecule has 3 heterocycles. The largest absolute Gasteiger partial charge is 0.465 e. The van der Waals surface area contributed by atoms with Gasteiger partial charge in [-0.3, -0.25) is 19.3 Å². The second-order valence-electron chi connectivity index (χ2n) is 7.55. The second kappa shape index (κ2) is 8.12. The highest BCUT2D eigenvalue weighted by atomic mass is 16.5. The topological polar surface area (TPSA) is 141 Å². The third-order valence-corrected chi connectivity index (χ3v) is 5.58. The number of aromatic amines is 1. The van der Waals surface area contributed by atoms with E-state index in [0.717, 1.165) is 0 Å². The lowest BCUT2D eigenvalue weighted by Crippen LogP contribution is -2.52. The van der Waals surface area contributed by atoms with Gasteiger partial charge in [-0.2, -0.15) is 0 Å². The van der Waals surface area contributed by atoms with Crippen LogP contribution in [0.5, 0.6) is 5.75 Å². The number of pyridine rings is 1. The van der Waals surface area contributed by atoms with Crippen molar-refractivity contribution in [2.24, 2.45) is 5.73 Å². The van der Waals surface area contributed by atoms with Crippen LogP contribution in [0.2, 0.25) is 0 Å². The van der Waals surface area contributed by atoms with Crippen molar-refractivity contribution >= 4 is 23.5 Å². The third kappa shape index (κ3) is 3.17. The molecule has 0 saturated heterocycles. The maximum Gasteiger partial charge on any atom is 0.341 e. The average Bonchev–Trinajstić information content (AvgIpc) is 2.97. The Kier molecular flexibility index (Phi) is 5.44. The molecule has 2 aromatic rings. The van der Waals surface area contributed by atoms with Crippen molar-refractivity contribution in [1.29, 1.82) is 0 Å². The number of hydrogen-bond acceptors (Lipinski definition) is 8. The van der Waals surface area contributed by atoms with Crippen molar-refractivity contribution in [2.75, 3.05) is 24.7 Å². The molecular weight excluding hydrogens is 430 g/mol. The van der Waals surface area contributed by atoms with E-state index in [1.165, 1.54) is 11.0 Å². The Balaban J connectivity index is 2.08. The van der Waals surface area contributed by atoms with E-state index in [2.05, 4.69) is 4.98 Å². The zero-order chi connectivity index (χ0) is 23.9. The summed E-state index contributed by atoms with van der Waals surface area (Å²) in [6.07, 6.45) is 0. The van der Waals surface area contributed by atoms with E-state index in [-0.39, 0.29) is 36.0 Å². The van der Waals surface area contributed by atoms with Crippen LogP contribution in [0.15, 0.2) is 46.6 Å². The summed E-state index contributed by atoms with van der Waals surface area (Å²) in [6.45, 7) is 4.62. The van der Waals surface area contributed by atoms with Crippen LogP contribution in [0, 0.1) is 6.92 Å². The van der Waals surface area contributed by atoms with Gasteiger partial charge in [-0.15, -0.1) is 0 Å². The third-order valence-electron chi connectivity index (χ3n) is 5.58. The summed E-state index contributed by atoms with van der Waals surface area (Å²) < 4.78 is 15.9. The molecule has 4 rings (SSSR count). The van der Waals surface area contributed by atoms with Crippen LogP contribution < -0.4 is 20.9 Å². The van der Waals surface area contributed by atoms with Gasteiger partial charge in [0.2, 0.25) is 11.8 Å². The van der Waals surface area contributed by atoms with Gasteiger partial charge < -0.3 is 24.9 Å². The quantitative estimate of drug-likeness (QED) is 0.639. The summed E-state index contributed by atoms with van der Waals surface area (Å²) in [5.41, 5.74) is 4.30. The molecule has 0 unspecified atom stereocenters. The minimum Gasteiger partial charge on any atom is -0.465 e. The number of nitrogens with one attached hydrogen (secondary N) is 1. The number of nitrogens with two attached hydrogens (primary N) is 1. The number of rotatable bonds is 5. The molecule has 3 N–H and O–H groups in total. The maximum absolute atomic E-state index is 14.2. The van der Waals surface area contributed by atoms with Gasteiger partial charge in [-0.05, 0) is 26.8 Å². The fourth-order valence-corrected chi connectivity index (χ4v) is 4.46. The van der Waals surface area contributed by atoms with Gasteiger partial charge in [0.05, 0.1) is 18.8 Å². The summed E-state index contributed by atoms with van der Waals surface area (Å²) in [5.74, 6) is -2.56. The van der Waals surface area contributed by atoms with E-state index in [1.54, 1.807) is 45.0 Å². The molecule has 10 heteroatoms. The first kappa shape index (κ1) is 22.1. The molecule has 0 radical (unpaired) electrons. The highest BCUT2D eigenvalue weighted by Crippen LogP contribution is 2.54. The van der Waals surface area contributed by atoms with Crippen LogP contribution in [0.25, 0.3) is 0 Å². The standard InChI is InChI=1S/C23H23N3O7/c1-4-31-16(27)11-26-14-9-7-6-8-13(14)23(22(26)30)17-15(10-12(3)25-20(17)28)33-19(24)18(23)21(29)32-5-2/h6-10H,4-5,11,24H2,1-3H3,(H,25,28)/t23-/m1/s1. The summed E-state index contributed by atoms with van der Waals surface area (Å²) in [7, 11) is 0. The first-order chi connectivity index (χ1) is 15.8. The van der Waals surface area contributed by atoms with Crippen molar-refractivity contribution in [3.05, 3.63) is 69.0 Å². The Morgan fingerprint density at radius 2 is 1.85 bits per heavy atom. The van der Waals surface area contributed by atoms with Gasteiger partial charge in [0.15, 0.2) is 0 Å². The molecule has 1 aromatic carbocycles. The van der Waals surface area contributed by atoms with Gasteiger partial charge in [0.25, 0.3) is 5.56 Å². The van der Waals surface area contributed by atoms with Crippen molar-refractivity contribution in [3.63, 3.8) is 0 Å². The smallest absolute Gasteiger partial charge is 0.341 e. The van der Waals surface area contributed by atoms with Gasteiger partial charge in [0.1, 0.15) is 23.3 Å². The molecule has 1 atom stereocenters. The lowest BCUT2D eigenvalue weighted by atomic mass is 9.68. The predicted octanol–water partition coefficient (Wildman–Crippen LogP) is 1.00. The Morgan fingerprint density at radius 3 is 2.55 bits per heavy atom. The molecule has 172 valence electrons. The molecule has 0 saturated carbocycles. The molecule has 0 bridgehead atoms. The minimum atomic E-state index is -1.96. The Labute approximate surface area is 188 Å². The van der Waals surface area contributed by atoms with Crippen LogP contribution in [0.1, 0.15) is 30.7 Å². The van der Waals surface area contributed by atoms with Crippen molar-refractivity contribution in [3.8, 4) is 5.75 Å².